The maximum absolute atomic E-state index is 13.2. The van der Waals surface area contributed by atoms with Crippen LogP contribution in [-0.4, -0.2) is 134 Å². The molecule has 0 bridgehead atoms. The number of aliphatic carboxylic acids is 1. The van der Waals surface area contributed by atoms with E-state index in [9.17, 15) is 39.3 Å². The van der Waals surface area contributed by atoms with E-state index in [1.54, 1.807) is 4.90 Å². The molecule has 4 amide bonds. The predicted octanol–water partition coefficient (Wildman–Crippen LogP) is -2.13. The molecule has 3 aliphatic rings. The Morgan fingerprint density at radius 1 is 1.24 bits per heavy atom. The lowest BCUT2D eigenvalue weighted by Gasteiger charge is -2.51. The van der Waals surface area contributed by atoms with Crippen molar-refractivity contribution in [1.29, 1.82) is 0 Å². The Bertz CT molecular complexity index is 1620. The summed E-state index contributed by atoms with van der Waals surface area (Å²) in [4.78, 5) is 77.7. The molecule has 19 heteroatoms. The number of quaternary nitrogens is 1. The number of pyridine rings is 1. The number of oxime groups is 1. The molecule has 2 atom stereocenters. The highest BCUT2D eigenvalue weighted by Gasteiger charge is 2.54. The first kappa shape index (κ1) is 31.7. The summed E-state index contributed by atoms with van der Waals surface area (Å²) >= 11 is 2.35. The SMILES string of the molecule is CON=C(C(=O)N[C@@H]1C(=O)N2C(C(=O)[O-])=C(C[N+]3(C)CCN(C(=O)c4cc(O)c(O)cn4)CC3)CS[C@@H]12)c1csc(NC=O)n1. The van der Waals surface area contributed by atoms with Gasteiger partial charge in [0.05, 0.1) is 51.1 Å². The molecule has 0 aliphatic carbocycles. The molecule has 5 rings (SSSR count). The van der Waals surface area contributed by atoms with Crippen LogP contribution in [0.5, 0.6) is 11.5 Å². The van der Waals surface area contributed by atoms with E-state index in [-0.39, 0.29) is 40.2 Å². The van der Waals surface area contributed by atoms with Gasteiger partial charge in [0.1, 0.15) is 36.5 Å². The van der Waals surface area contributed by atoms with Crippen molar-refractivity contribution in [3.63, 3.8) is 0 Å². The third kappa shape index (κ3) is 6.26. The van der Waals surface area contributed by atoms with Gasteiger partial charge in [0, 0.05) is 22.8 Å². The monoisotopic (exact) mass is 660 g/mol. The summed E-state index contributed by atoms with van der Waals surface area (Å²) in [5, 5.41) is 41.2. The second-order valence-electron chi connectivity index (χ2n) is 10.6. The predicted molar refractivity (Wildman–Crippen MR) is 157 cm³/mol. The smallest absolute Gasteiger partial charge is 0.276 e. The standard InChI is InChI=1S/C26H28N8O9S2/c1-34(5-3-32(4-6-34)22(39)14-7-16(36)17(37)8-27-14)9-13-10-44-24-19(23(40)33(24)20(13)25(41)42)30-21(38)18(31-43-2)15-11-45-26(29-15)28-12-35/h7-8,11-12,19,24H,3-6,9-10H2,1-2H3,(H4-,27,28,29,30,31,35,36,37,38,39,41,42)/t19-,24+/m1/s1. The molecule has 0 saturated carbocycles. The average molecular weight is 661 g/mol. The van der Waals surface area contributed by atoms with Crippen LogP contribution >= 0.6 is 23.1 Å². The van der Waals surface area contributed by atoms with Gasteiger partial charge < -0.3 is 45.0 Å². The molecule has 2 aromatic heterocycles. The van der Waals surface area contributed by atoms with Crippen molar-refractivity contribution in [1.82, 2.24) is 25.1 Å². The maximum Gasteiger partial charge on any atom is 0.276 e. The second kappa shape index (κ2) is 12.7. The number of aromatic hydroxyl groups is 2. The van der Waals surface area contributed by atoms with Gasteiger partial charge in [0.15, 0.2) is 22.3 Å². The molecule has 4 N–H and O–H groups in total. The summed E-state index contributed by atoms with van der Waals surface area (Å²) in [6.45, 7) is 1.90. The number of carbonyl (C=O) groups is 5. The molecule has 17 nitrogen and oxygen atoms in total. The van der Waals surface area contributed by atoms with Crippen LogP contribution < -0.4 is 15.7 Å². The van der Waals surface area contributed by atoms with E-state index in [4.69, 9.17) is 4.84 Å². The summed E-state index contributed by atoms with van der Waals surface area (Å²) in [5.41, 5.74) is 0.135. The Balaban J connectivity index is 1.25. The van der Waals surface area contributed by atoms with Crippen LogP contribution in [0.2, 0.25) is 0 Å². The summed E-state index contributed by atoms with van der Waals surface area (Å²) in [5.74, 6) is -3.93. The molecule has 0 spiro atoms. The maximum atomic E-state index is 13.2. The fraction of sp³-hybridized carbons (Fsp3) is 0.385. The number of nitrogens with zero attached hydrogens (tertiary/aromatic N) is 6. The highest BCUT2D eigenvalue weighted by Crippen LogP contribution is 2.41. The van der Waals surface area contributed by atoms with E-state index < -0.39 is 46.6 Å². The lowest BCUT2D eigenvalue weighted by molar-refractivity contribution is -0.908. The van der Waals surface area contributed by atoms with Crippen LogP contribution in [0.25, 0.3) is 0 Å². The lowest BCUT2D eigenvalue weighted by atomic mass is 10.0. The fourth-order valence-corrected chi connectivity index (χ4v) is 7.27. The zero-order valence-corrected chi connectivity index (χ0v) is 25.6. The highest BCUT2D eigenvalue weighted by molar-refractivity contribution is 8.00. The number of likely N-dealkylation sites (N-methyl/N-ethyl adjacent to an activating group) is 1. The van der Waals surface area contributed by atoms with Gasteiger partial charge in [-0.25, -0.2) is 9.97 Å². The van der Waals surface area contributed by atoms with Crippen molar-refractivity contribution in [2.45, 2.75) is 11.4 Å². The highest BCUT2D eigenvalue weighted by atomic mass is 32.2. The second-order valence-corrected chi connectivity index (χ2v) is 12.6. The van der Waals surface area contributed by atoms with E-state index in [1.807, 2.05) is 7.05 Å². The van der Waals surface area contributed by atoms with Gasteiger partial charge in [-0.05, 0) is 0 Å². The van der Waals surface area contributed by atoms with E-state index in [2.05, 4.69) is 25.8 Å². The molecule has 0 unspecified atom stereocenters. The van der Waals surface area contributed by atoms with Crippen molar-refractivity contribution in [3.8, 4) is 11.5 Å². The molecule has 45 heavy (non-hydrogen) atoms. The van der Waals surface area contributed by atoms with Crippen LogP contribution in [-0.2, 0) is 24.0 Å². The zero-order chi connectivity index (χ0) is 32.5. The number of carboxylic acids is 1. The number of thioether (sulfide) groups is 1. The molecule has 3 aliphatic heterocycles. The van der Waals surface area contributed by atoms with Crippen LogP contribution in [0.1, 0.15) is 16.2 Å². The summed E-state index contributed by atoms with van der Waals surface area (Å²) in [7, 11) is 3.16. The summed E-state index contributed by atoms with van der Waals surface area (Å²) < 4.78 is 0.392. The summed E-state index contributed by atoms with van der Waals surface area (Å²) in [6.07, 6.45) is 1.43. The fourth-order valence-electron chi connectivity index (χ4n) is 5.28. The van der Waals surface area contributed by atoms with E-state index in [1.165, 1.54) is 24.3 Å². The third-order valence-electron chi connectivity index (χ3n) is 7.61. The van der Waals surface area contributed by atoms with Crippen LogP contribution in [0.4, 0.5) is 5.13 Å². The Morgan fingerprint density at radius 3 is 2.62 bits per heavy atom. The number of anilines is 1. The van der Waals surface area contributed by atoms with Crippen LogP contribution in [0.3, 0.4) is 0 Å². The molecule has 0 aromatic carbocycles. The summed E-state index contributed by atoms with van der Waals surface area (Å²) in [6, 6.07) is 0.0547. The number of nitrogens with one attached hydrogen (secondary N) is 2. The number of hydrogen-bond acceptors (Lipinski definition) is 14. The van der Waals surface area contributed by atoms with Crippen molar-refractivity contribution in [2.24, 2.45) is 5.16 Å². The number of amides is 4. The topological polar surface area (TPSA) is 227 Å². The van der Waals surface area contributed by atoms with Gasteiger partial charge in [-0.2, -0.15) is 0 Å². The number of hydrogen-bond donors (Lipinski definition) is 4. The number of rotatable bonds is 10. The molecule has 2 aromatic rings. The number of piperazine rings is 1. The average Bonchev–Trinajstić information content (AvgIpc) is 3.47. The van der Waals surface area contributed by atoms with Gasteiger partial charge in [0.25, 0.3) is 17.7 Å². The van der Waals surface area contributed by atoms with Crippen LogP contribution in [0, 0.1) is 0 Å². The van der Waals surface area contributed by atoms with Gasteiger partial charge in [-0.3, -0.25) is 24.1 Å². The Kier molecular flexibility index (Phi) is 8.94. The Morgan fingerprint density at radius 2 is 1.98 bits per heavy atom. The number of thiazole rings is 1. The van der Waals surface area contributed by atoms with Crippen molar-refractivity contribution in [2.75, 3.05) is 58.0 Å². The van der Waals surface area contributed by atoms with Gasteiger partial charge in [-0.15, -0.1) is 23.1 Å². The first-order valence-electron chi connectivity index (χ1n) is 13.4. The van der Waals surface area contributed by atoms with Gasteiger partial charge in [0.2, 0.25) is 6.41 Å². The number of carbonyl (C=O) groups excluding carboxylic acids is 5. The zero-order valence-electron chi connectivity index (χ0n) is 24.0. The molecular weight excluding hydrogens is 632 g/mol. The van der Waals surface area contributed by atoms with Crippen LogP contribution in [0.15, 0.2) is 34.1 Å². The van der Waals surface area contributed by atoms with E-state index in [0.29, 0.717) is 42.6 Å². The number of aromatic nitrogens is 2. The molecule has 0 radical (unpaired) electrons. The van der Waals surface area contributed by atoms with Gasteiger partial charge in [-0.1, -0.05) is 5.16 Å². The van der Waals surface area contributed by atoms with Crippen molar-refractivity contribution in [3.05, 3.63) is 40.3 Å². The van der Waals surface area contributed by atoms with Gasteiger partial charge >= 0.3 is 0 Å². The Labute approximate surface area is 263 Å². The first-order valence-corrected chi connectivity index (χ1v) is 15.4. The molecular formula is C26H28N8O9S2. The molecule has 5 heterocycles. The number of fused-ring (bicyclic) bond motifs is 1. The minimum atomic E-state index is -1.51. The largest absolute Gasteiger partial charge is 0.543 e. The number of β-lactam (4-membered cyclic amide) rings is 1. The van der Waals surface area contributed by atoms with Crippen molar-refractivity contribution < 1.29 is 48.6 Å². The van der Waals surface area contributed by atoms with Crippen molar-refractivity contribution >= 4 is 64.0 Å². The minimum Gasteiger partial charge on any atom is -0.543 e. The molecule has 2 saturated heterocycles. The third-order valence-corrected chi connectivity index (χ3v) is 9.73. The minimum absolute atomic E-state index is 0.0112. The number of carboxylic acid groups (broad SMARTS) is 1. The molecule has 2 fully saturated rings. The Hall–Kier alpha value is -4.75. The molecule has 238 valence electrons. The van der Waals surface area contributed by atoms with E-state index >= 15 is 0 Å². The normalized spacial score (nSPS) is 21.0. The lowest BCUT2D eigenvalue weighted by Crippen LogP contribution is -2.72. The first-order chi connectivity index (χ1) is 21.5. The quantitative estimate of drug-likeness (QED) is 0.0705. The van der Waals surface area contributed by atoms with E-state index in [0.717, 1.165) is 28.5 Å².